The summed E-state index contributed by atoms with van der Waals surface area (Å²) >= 11 is 5.70. The molecule has 0 amide bonds. The Morgan fingerprint density at radius 1 is 1.12 bits per heavy atom. The Kier molecular flexibility index (Phi) is 7.75. The maximum atomic E-state index is 12.3. The summed E-state index contributed by atoms with van der Waals surface area (Å²) in [7, 11) is 1.59. The highest BCUT2D eigenvalue weighted by molar-refractivity contribution is 7.99. The van der Waals surface area contributed by atoms with Crippen molar-refractivity contribution in [3.63, 3.8) is 0 Å². The number of hydrogen-bond donors (Lipinski definition) is 2. The maximum Gasteiger partial charge on any atom is 0.288 e. The molecule has 0 atom stereocenters. The van der Waals surface area contributed by atoms with Crippen LogP contribution in [0.1, 0.15) is 0 Å². The highest BCUT2D eigenvalue weighted by Gasteiger charge is 2.05. The van der Waals surface area contributed by atoms with Crippen LogP contribution in [-0.2, 0) is 0 Å². The van der Waals surface area contributed by atoms with Crippen molar-refractivity contribution in [3.05, 3.63) is 48.5 Å². The molecule has 0 fully saturated rings. The lowest BCUT2D eigenvalue weighted by molar-refractivity contribution is 0.252. The number of thioether (sulfide) groups is 1. The van der Waals surface area contributed by atoms with Gasteiger partial charge in [-0.25, -0.2) is 0 Å². The predicted octanol–water partition coefficient (Wildman–Crippen LogP) is 4.38. The third-order valence-corrected chi connectivity index (χ3v) is 4.02. The normalized spacial score (nSPS) is 10.4. The Labute approximate surface area is 154 Å². The standard InChI is InChI=1S/C17H18F2N2O2S2/c1-22-14-4-2-3-5-15(14)23-11-10-20-17(24)21-12-6-8-13(9-7-12)25-16(18)19/h2-9,16H,10-11H2,1H3,(H2,20,21,24). The first-order valence-corrected chi connectivity index (χ1v) is 8.73. The van der Waals surface area contributed by atoms with Gasteiger partial charge < -0.3 is 20.1 Å². The second-order valence-corrected chi connectivity index (χ2v) is 6.25. The maximum absolute atomic E-state index is 12.3. The first-order chi connectivity index (χ1) is 12.1. The minimum atomic E-state index is -2.43. The summed E-state index contributed by atoms with van der Waals surface area (Å²) in [4.78, 5) is 0.504. The van der Waals surface area contributed by atoms with E-state index in [2.05, 4.69) is 10.6 Å². The lowest BCUT2D eigenvalue weighted by atomic mass is 10.3. The minimum Gasteiger partial charge on any atom is -0.493 e. The number of alkyl halides is 2. The minimum absolute atomic E-state index is 0.409. The van der Waals surface area contributed by atoms with Crippen LogP contribution < -0.4 is 20.1 Å². The molecule has 0 saturated carbocycles. The third-order valence-electron chi connectivity index (χ3n) is 3.05. The van der Waals surface area contributed by atoms with Gasteiger partial charge in [-0.05, 0) is 48.6 Å². The molecule has 2 rings (SSSR count). The second-order valence-electron chi connectivity index (χ2n) is 4.78. The average molecular weight is 384 g/mol. The number of anilines is 1. The fourth-order valence-electron chi connectivity index (χ4n) is 1.96. The summed E-state index contributed by atoms with van der Waals surface area (Å²) in [6.45, 7) is 0.912. The van der Waals surface area contributed by atoms with Gasteiger partial charge in [0.2, 0.25) is 0 Å². The van der Waals surface area contributed by atoms with Gasteiger partial charge in [-0.15, -0.1) is 0 Å². The molecule has 8 heteroatoms. The first kappa shape index (κ1) is 19.3. The lowest BCUT2D eigenvalue weighted by Crippen LogP contribution is -2.31. The van der Waals surface area contributed by atoms with Gasteiger partial charge in [-0.1, -0.05) is 23.9 Å². The first-order valence-electron chi connectivity index (χ1n) is 7.44. The lowest BCUT2D eigenvalue weighted by Gasteiger charge is -2.13. The molecular formula is C17H18F2N2O2S2. The Bertz CT molecular complexity index is 685. The van der Waals surface area contributed by atoms with Crippen LogP contribution in [0.25, 0.3) is 0 Å². The van der Waals surface area contributed by atoms with Crippen LogP contribution in [0, 0.1) is 0 Å². The van der Waals surface area contributed by atoms with Crippen molar-refractivity contribution >= 4 is 34.8 Å². The zero-order valence-electron chi connectivity index (χ0n) is 13.5. The smallest absolute Gasteiger partial charge is 0.288 e. The number of ether oxygens (including phenoxy) is 2. The van der Waals surface area contributed by atoms with Crippen LogP contribution in [0.2, 0.25) is 0 Å². The number of rotatable bonds is 8. The van der Waals surface area contributed by atoms with Crippen molar-refractivity contribution in [3.8, 4) is 11.5 Å². The zero-order chi connectivity index (χ0) is 18.1. The zero-order valence-corrected chi connectivity index (χ0v) is 15.1. The Morgan fingerprint density at radius 3 is 2.44 bits per heavy atom. The van der Waals surface area contributed by atoms with Crippen molar-refractivity contribution in [1.29, 1.82) is 0 Å². The summed E-state index contributed by atoms with van der Waals surface area (Å²) in [6.07, 6.45) is 0. The molecule has 0 unspecified atom stereocenters. The van der Waals surface area contributed by atoms with Crippen molar-refractivity contribution in [1.82, 2.24) is 5.32 Å². The molecule has 0 heterocycles. The van der Waals surface area contributed by atoms with E-state index in [1.54, 1.807) is 31.4 Å². The van der Waals surface area contributed by atoms with Crippen LogP contribution in [0.5, 0.6) is 11.5 Å². The molecule has 2 N–H and O–H groups in total. The van der Waals surface area contributed by atoms with Gasteiger partial charge in [0, 0.05) is 10.6 Å². The van der Waals surface area contributed by atoms with E-state index in [1.807, 2.05) is 24.3 Å². The summed E-state index contributed by atoms with van der Waals surface area (Å²) in [5.74, 6) is -1.09. The summed E-state index contributed by atoms with van der Waals surface area (Å²) in [5, 5.41) is 6.43. The van der Waals surface area contributed by atoms with Crippen LogP contribution in [0.15, 0.2) is 53.4 Å². The fraction of sp³-hybridized carbons (Fsp3) is 0.235. The SMILES string of the molecule is COc1ccccc1OCCNC(=S)Nc1ccc(SC(F)F)cc1. The van der Waals surface area contributed by atoms with Gasteiger partial charge in [0.15, 0.2) is 16.6 Å². The predicted molar refractivity (Wildman–Crippen MR) is 101 cm³/mol. The van der Waals surface area contributed by atoms with E-state index in [1.165, 1.54) is 0 Å². The van der Waals surface area contributed by atoms with Gasteiger partial charge in [-0.3, -0.25) is 0 Å². The van der Waals surface area contributed by atoms with Crippen LogP contribution in [0.3, 0.4) is 0 Å². The number of thiocarbonyl (C=S) groups is 1. The number of hydrogen-bond acceptors (Lipinski definition) is 4. The highest BCUT2D eigenvalue weighted by atomic mass is 32.2. The average Bonchev–Trinajstić information content (AvgIpc) is 2.60. The number of benzene rings is 2. The molecular weight excluding hydrogens is 366 g/mol. The third kappa shape index (κ3) is 6.75. The van der Waals surface area contributed by atoms with E-state index in [4.69, 9.17) is 21.7 Å². The molecule has 2 aromatic carbocycles. The van der Waals surface area contributed by atoms with Crippen molar-refractivity contribution in [2.45, 2.75) is 10.7 Å². The number of nitrogens with one attached hydrogen (secondary N) is 2. The van der Waals surface area contributed by atoms with E-state index in [0.717, 1.165) is 5.69 Å². The molecule has 0 aliphatic rings. The molecule has 0 bridgehead atoms. The number of halogens is 2. The van der Waals surface area contributed by atoms with Crippen LogP contribution >= 0.6 is 24.0 Å². The van der Waals surface area contributed by atoms with Gasteiger partial charge in [-0.2, -0.15) is 8.78 Å². The number of para-hydroxylation sites is 2. The Morgan fingerprint density at radius 2 is 1.80 bits per heavy atom. The number of methoxy groups -OCH3 is 1. The largest absolute Gasteiger partial charge is 0.493 e. The van der Waals surface area contributed by atoms with E-state index in [0.29, 0.717) is 46.4 Å². The monoisotopic (exact) mass is 384 g/mol. The van der Waals surface area contributed by atoms with Gasteiger partial charge in [0.05, 0.1) is 13.7 Å². The van der Waals surface area contributed by atoms with E-state index >= 15 is 0 Å². The molecule has 0 aromatic heterocycles. The molecule has 4 nitrogen and oxygen atoms in total. The molecule has 0 aliphatic carbocycles. The topological polar surface area (TPSA) is 42.5 Å². The summed E-state index contributed by atoms with van der Waals surface area (Å²) in [6, 6.07) is 14.0. The molecule has 0 saturated heterocycles. The Balaban J connectivity index is 1.72. The highest BCUT2D eigenvalue weighted by Crippen LogP contribution is 2.26. The molecule has 0 aliphatic heterocycles. The van der Waals surface area contributed by atoms with Crippen molar-refractivity contribution in [2.75, 3.05) is 25.6 Å². The van der Waals surface area contributed by atoms with Crippen LogP contribution in [0.4, 0.5) is 14.5 Å². The van der Waals surface area contributed by atoms with Gasteiger partial charge in [0.1, 0.15) is 6.61 Å². The van der Waals surface area contributed by atoms with Crippen LogP contribution in [-0.4, -0.2) is 31.1 Å². The van der Waals surface area contributed by atoms with Gasteiger partial charge in [0.25, 0.3) is 5.76 Å². The molecule has 25 heavy (non-hydrogen) atoms. The van der Waals surface area contributed by atoms with E-state index < -0.39 is 5.76 Å². The summed E-state index contributed by atoms with van der Waals surface area (Å²) < 4.78 is 35.4. The van der Waals surface area contributed by atoms with Crippen molar-refractivity contribution in [2.24, 2.45) is 0 Å². The molecule has 134 valence electrons. The molecule has 2 aromatic rings. The molecule has 0 radical (unpaired) electrons. The second kappa shape index (κ2) is 10.0. The quantitative estimate of drug-likeness (QED) is 0.400. The summed E-state index contributed by atoms with van der Waals surface area (Å²) in [5.41, 5.74) is 0.724. The Hall–Kier alpha value is -2.06. The van der Waals surface area contributed by atoms with E-state index in [-0.39, 0.29) is 0 Å². The molecule has 0 spiro atoms. The van der Waals surface area contributed by atoms with Crippen molar-refractivity contribution < 1.29 is 18.3 Å². The fourth-order valence-corrected chi connectivity index (χ4v) is 2.68. The van der Waals surface area contributed by atoms with E-state index in [9.17, 15) is 8.78 Å². The van der Waals surface area contributed by atoms with Gasteiger partial charge >= 0.3 is 0 Å².